The maximum atomic E-state index is 5.81. The zero-order valence-electron chi connectivity index (χ0n) is 8.18. The SMILES string of the molecule is CCC[SiH](C)C1(S)CCCCO1. The van der Waals surface area contributed by atoms with Gasteiger partial charge in [0.25, 0.3) is 0 Å². The van der Waals surface area contributed by atoms with E-state index in [0.717, 1.165) is 6.61 Å². The van der Waals surface area contributed by atoms with Gasteiger partial charge in [-0.05, 0) is 19.3 Å². The van der Waals surface area contributed by atoms with Crippen molar-refractivity contribution in [1.29, 1.82) is 0 Å². The van der Waals surface area contributed by atoms with E-state index in [2.05, 4.69) is 13.5 Å². The van der Waals surface area contributed by atoms with Crippen LogP contribution in [0.25, 0.3) is 0 Å². The van der Waals surface area contributed by atoms with Gasteiger partial charge in [0.2, 0.25) is 0 Å². The normalized spacial score (nSPS) is 33.2. The molecule has 3 heteroatoms. The Morgan fingerprint density at radius 2 is 2.25 bits per heavy atom. The molecule has 0 amide bonds. The molecule has 2 unspecified atom stereocenters. The van der Waals surface area contributed by atoms with Gasteiger partial charge in [-0.1, -0.05) is 25.9 Å². The molecule has 1 aliphatic heterocycles. The highest BCUT2D eigenvalue weighted by Crippen LogP contribution is 2.32. The van der Waals surface area contributed by atoms with Crippen molar-refractivity contribution in [3.05, 3.63) is 0 Å². The van der Waals surface area contributed by atoms with Crippen molar-refractivity contribution in [1.82, 2.24) is 0 Å². The lowest BCUT2D eigenvalue weighted by molar-refractivity contribution is 0.0405. The summed E-state index contributed by atoms with van der Waals surface area (Å²) < 4.78 is 5.83. The van der Waals surface area contributed by atoms with Crippen molar-refractivity contribution in [3.63, 3.8) is 0 Å². The summed E-state index contributed by atoms with van der Waals surface area (Å²) in [7, 11) is -0.757. The molecule has 0 aliphatic carbocycles. The van der Waals surface area contributed by atoms with Crippen LogP contribution in [0.3, 0.4) is 0 Å². The van der Waals surface area contributed by atoms with E-state index in [1.54, 1.807) is 0 Å². The second-order valence-corrected chi connectivity index (χ2v) is 8.40. The first-order valence-corrected chi connectivity index (χ1v) is 8.05. The van der Waals surface area contributed by atoms with Crippen LogP contribution < -0.4 is 0 Å². The summed E-state index contributed by atoms with van der Waals surface area (Å²) in [5.41, 5.74) is 0. The lowest BCUT2D eigenvalue weighted by atomic mass is 10.2. The third-order valence-electron chi connectivity index (χ3n) is 2.77. The first-order chi connectivity index (χ1) is 5.69. The minimum Gasteiger partial charge on any atom is -0.369 e. The Hall–Kier alpha value is 0.527. The Kier molecular flexibility index (Phi) is 4.13. The summed E-state index contributed by atoms with van der Waals surface area (Å²) in [4.78, 5) is 0. The molecule has 0 bridgehead atoms. The Morgan fingerprint density at radius 3 is 2.75 bits per heavy atom. The standard InChI is InChI=1S/C9H20OSSi/c1-3-8-12(2)9(11)6-4-5-7-10-9/h11-12H,3-8H2,1-2H3. The molecule has 1 fully saturated rings. The van der Waals surface area contributed by atoms with E-state index >= 15 is 0 Å². The van der Waals surface area contributed by atoms with Gasteiger partial charge in [-0.2, -0.15) is 0 Å². The van der Waals surface area contributed by atoms with Crippen LogP contribution in [-0.2, 0) is 4.74 Å². The Balaban J connectivity index is 2.44. The van der Waals surface area contributed by atoms with E-state index < -0.39 is 8.80 Å². The molecule has 0 saturated carbocycles. The lowest BCUT2D eigenvalue weighted by Crippen LogP contribution is -2.43. The zero-order chi connectivity index (χ0) is 9.03. The lowest BCUT2D eigenvalue weighted by Gasteiger charge is -2.37. The van der Waals surface area contributed by atoms with Crippen LogP contribution in [0.5, 0.6) is 0 Å². The highest BCUT2D eigenvalue weighted by Gasteiger charge is 2.35. The van der Waals surface area contributed by atoms with E-state index in [1.165, 1.54) is 31.7 Å². The molecule has 2 atom stereocenters. The molecule has 1 nitrogen and oxygen atoms in total. The molecule has 1 rings (SSSR count). The third-order valence-corrected chi connectivity index (χ3v) is 7.89. The molecule has 1 saturated heterocycles. The Morgan fingerprint density at radius 1 is 1.50 bits per heavy atom. The van der Waals surface area contributed by atoms with E-state index in [0.29, 0.717) is 0 Å². The van der Waals surface area contributed by atoms with Gasteiger partial charge in [-0.3, -0.25) is 0 Å². The van der Waals surface area contributed by atoms with Crippen LogP contribution in [0.1, 0.15) is 32.6 Å². The fourth-order valence-electron chi connectivity index (χ4n) is 1.85. The number of hydrogen-bond acceptors (Lipinski definition) is 2. The van der Waals surface area contributed by atoms with Gasteiger partial charge in [0, 0.05) is 6.61 Å². The highest BCUT2D eigenvalue weighted by molar-refractivity contribution is 7.83. The van der Waals surface area contributed by atoms with Crippen LogP contribution in [0.2, 0.25) is 12.6 Å². The second-order valence-electron chi connectivity index (χ2n) is 3.84. The van der Waals surface area contributed by atoms with Crippen LogP contribution in [0.15, 0.2) is 0 Å². The summed E-state index contributed by atoms with van der Waals surface area (Å²) in [6, 6.07) is 1.36. The summed E-state index contributed by atoms with van der Waals surface area (Å²) >= 11 is 4.72. The Labute approximate surface area is 82.9 Å². The zero-order valence-corrected chi connectivity index (χ0v) is 10.2. The van der Waals surface area contributed by atoms with E-state index in [9.17, 15) is 0 Å². The summed E-state index contributed by atoms with van der Waals surface area (Å²) in [6.45, 7) is 5.58. The van der Waals surface area contributed by atoms with Crippen molar-refractivity contribution >= 4 is 21.4 Å². The first-order valence-electron chi connectivity index (χ1n) is 5.05. The van der Waals surface area contributed by atoms with Gasteiger partial charge in [0.1, 0.15) is 0 Å². The number of thiol groups is 1. The van der Waals surface area contributed by atoms with Crippen molar-refractivity contribution in [3.8, 4) is 0 Å². The maximum absolute atomic E-state index is 5.81. The first kappa shape index (κ1) is 10.6. The molecule has 1 heterocycles. The maximum Gasteiger partial charge on any atom is 0.0950 e. The van der Waals surface area contributed by atoms with E-state index in [4.69, 9.17) is 17.4 Å². The van der Waals surface area contributed by atoms with Gasteiger partial charge in [0.05, 0.1) is 13.4 Å². The van der Waals surface area contributed by atoms with Gasteiger partial charge in [-0.15, -0.1) is 12.6 Å². The average molecular weight is 204 g/mol. The largest absolute Gasteiger partial charge is 0.369 e. The quantitative estimate of drug-likeness (QED) is 0.549. The summed E-state index contributed by atoms with van der Waals surface area (Å²) in [5.74, 6) is 0. The van der Waals surface area contributed by atoms with Gasteiger partial charge < -0.3 is 4.74 Å². The molecule has 72 valence electrons. The minimum atomic E-state index is -0.757. The molecule has 0 spiro atoms. The summed E-state index contributed by atoms with van der Waals surface area (Å²) in [5, 5.41) is 0. The smallest absolute Gasteiger partial charge is 0.0950 e. The van der Waals surface area contributed by atoms with Crippen LogP contribution in [-0.4, -0.2) is 20.0 Å². The number of ether oxygens (including phenoxy) is 1. The molecular weight excluding hydrogens is 184 g/mol. The summed E-state index contributed by atoms with van der Waals surface area (Å²) in [6.07, 6.45) is 5.02. The molecule has 12 heavy (non-hydrogen) atoms. The monoisotopic (exact) mass is 204 g/mol. The van der Waals surface area contributed by atoms with E-state index in [1.807, 2.05) is 0 Å². The minimum absolute atomic E-state index is 0.0221. The fourth-order valence-corrected chi connectivity index (χ4v) is 4.90. The molecule has 0 radical (unpaired) electrons. The fraction of sp³-hybridized carbons (Fsp3) is 1.00. The molecule has 0 aromatic carbocycles. The molecule has 0 aromatic heterocycles. The topological polar surface area (TPSA) is 9.23 Å². The number of rotatable bonds is 3. The van der Waals surface area contributed by atoms with Crippen molar-refractivity contribution in [2.75, 3.05) is 6.61 Å². The van der Waals surface area contributed by atoms with Crippen molar-refractivity contribution < 1.29 is 4.74 Å². The van der Waals surface area contributed by atoms with Crippen molar-refractivity contribution in [2.45, 2.75) is 49.8 Å². The van der Waals surface area contributed by atoms with Crippen molar-refractivity contribution in [2.24, 2.45) is 0 Å². The van der Waals surface area contributed by atoms with Gasteiger partial charge >= 0.3 is 0 Å². The van der Waals surface area contributed by atoms with Crippen LogP contribution >= 0.6 is 12.6 Å². The number of hydrogen-bond donors (Lipinski definition) is 1. The highest BCUT2D eigenvalue weighted by atomic mass is 32.1. The third kappa shape index (κ3) is 2.51. The predicted octanol–water partition coefficient (Wildman–Crippen LogP) is 2.62. The van der Waals surface area contributed by atoms with Gasteiger partial charge in [0.15, 0.2) is 0 Å². The molecule has 0 N–H and O–H groups in total. The van der Waals surface area contributed by atoms with E-state index in [-0.39, 0.29) is 4.56 Å². The van der Waals surface area contributed by atoms with Crippen LogP contribution in [0.4, 0.5) is 0 Å². The second kappa shape index (κ2) is 4.68. The molecular formula is C9H20OSSi. The van der Waals surface area contributed by atoms with Gasteiger partial charge in [-0.25, -0.2) is 0 Å². The Bertz CT molecular complexity index is 134. The predicted molar refractivity (Wildman–Crippen MR) is 59.6 cm³/mol. The average Bonchev–Trinajstić information content (AvgIpc) is 2.06. The van der Waals surface area contributed by atoms with Crippen LogP contribution in [0, 0.1) is 0 Å². The molecule has 0 aromatic rings. The molecule has 1 aliphatic rings.